The third-order valence-corrected chi connectivity index (χ3v) is 4.29. The number of carbonyl (C=O) groups is 1. The van der Waals surface area contributed by atoms with Gasteiger partial charge in [0.25, 0.3) is 0 Å². The molecule has 1 aliphatic carbocycles. The average molecular weight is 283 g/mol. The monoisotopic (exact) mass is 283 g/mol. The highest BCUT2D eigenvalue weighted by Crippen LogP contribution is 2.19. The van der Waals surface area contributed by atoms with E-state index in [4.69, 9.17) is 4.74 Å². The number of benzene rings is 1. The lowest BCUT2D eigenvalue weighted by Gasteiger charge is -2.06. The van der Waals surface area contributed by atoms with Crippen molar-refractivity contribution in [2.75, 3.05) is 12.9 Å². The topological polar surface area (TPSA) is 72.5 Å². The van der Waals surface area contributed by atoms with Gasteiger partial charge in [0.2, 0.25) is 5.91 Å². The fraction of sp³-hybridized carbons (Fsp3) is 0.462. The molecule has 1 N–H and O–H groups in total. The molecule has 5 nitrogen and oxygen atoms in total. The molecule has 0 heterocycles. The Labute approximate surface area is 112 Å². The predicted molar refractivity (Wildman–Crippen MR) is 71.6 cm³/mol. The van der Waals surface area contributed by atoms with Crippen LogP contribution < -0.4 is 10.1 Å². The maximum atomic E-state index is 11.9. The molecule has 1 aromatic rings. The van der Waals surface area contributed by atoms with Crippen molar-refractivity contribution in [3.05, 3.63) is 29.8 Å². The minimum atomic E-state index is -3.44. The van der Waals surface area contributed by atoms with E-state index in [1.165, 1.54) is 7.11 Å². The van der Waals surface area contributed by atoms with E-state index in [-0.39, 0.29) is 11.8 Å². The fourth-order valence-corrected chi connectivity index (χ4v) is 3.04. The van der Waals surface area contributed by atoms with Gasteiger partial charge in [0.15, 0.2) is 9.84 Å². The number of carbonyl (C=O) groups excluding carboxylic acids is 1. The molecule has 0 spiro atoms. The number of sulfone groups is 1. The number of hydrogen-bond donors (Lipinski definition) is 1. The van der Waals surface area contributed by atoms with Crippen molar-refractivity contribution in [1.29, 1.82) is 0 Å². The zero-order valence-electron chi connectivity index (χ0n) is 10.8. The summed E-state index contributed by atoms with van der Waals surface area (Å²) in [5.41, 5.74) is 0.624. The Hall–Kier alpha value is -1.56. The van der Waals surface area contributed by atoms with Gasteiger partial charge in [0.1, 0.15) is 11.5 Å². The van der Waals surface area contributed by atoms with E-state index >= 15 is 0 Å². The molecule has 0 bridgehead atoms. The van der Waals surface area contributed by atoms with Crippen LogP contribution in [-0.4, -0.2) is 33.2 Å². The lowest BCUT2D eigenvalue weighted by Crippen LogP contribution is -2.32. The molecule has 2 rings (SSSR count). The van der Waals surface area contributed by atoms with Gasteiger partial charge in [0.05, 0.1) is 12.9 Å². The molecule has 1 amide bonds. The van der Waals surface area contributed by atoms with Gasteiger partial charge >= 0.3 is 0 Å². The van der Waals surface area contributed by atoms with Crippen LogP contribution in [0.4, 0.5) is 0 Å². The molecule has 0 radical (unpaired) electrons. The predicted octanol–water partition coefficient (Wildman–Crippen LogP) is 0.889. The van der Waals surface area contributed by atoms with Crippen LogP contribution in [0.2, 0.25) is 0 Å². The number of rotatable bonds is 6. The molecule has 1 aliphatic rings. The Balaban J connectivity index is 1.96. The van der Waals surface area contributed by atoms with Crippen molar-refractivity contribution >= 4 is 15.7 Å². The molecule has 0 atom stereocenters. The second-order valence-corrected chi connectivity index (χ2v) is 6.79. The second kappa shape index (κ2) is 5.61. The van der Waals surface area contributed by atoms with Gasteiger partial charge in [-0.25, -0.2) is 8.42 Å². The average Bonchev–Trinajstić information content (AvgIpc) is 3.11. The third-order valence-electron chi connectivity index (χ3n) is 2.81. The number of methoxy groups -OCH3 is 1. The molecule has 1 saturated carbocycles. The molecule has 6 heteroatoms. The zero-order chi connectivity index (χ0) is 13.9. The summed E-state index contributed by atoms with van der Waals surface area (Å²) in [7, 11) is -1.92. The van der Waals surface area contributed by atoms with Crippen molar-refractivity contribution < 1.29 is 17.9 Å². The van der Waals surface area contributed by atoms with Crippen LogP contribution in [0.3, 0.4) is 0 Å². The van der Waals surface area contributed by atoms with E-state index in [2.05, 4.69) is 5.32 Å². The first-order valence-corrected chi connectivity index (χ1v) is 7.93. The minimum absolute atomic E-state index is 0.151. The third kappa shape index (κ3) is 4.55. The zero-order valence-corrected chi connectivity index (χ0v) is 11.6. The molecule has 104 valence electrons. The lowest BCUT2D eigenvalue weighted by atomic mass is 10.2. The van der Waals surface area contributed by atoms with Gasteiger partial charge in [-0.05, 0) is 30.5 Å². The molecular formula is C13H17NO4S. The Morgan fingerprint density at radius 1 is 1.42 bits per heavy atom. The van der Waals surface area contributed by atoms with Crippen molar-refractivity contribution in [3.63, 3.8) is 0 Å². The summed E-state index contributed by atoms with van der Waals surface area (Å²) in [6.45, 7) is 0. The Morgan fingerprint density at radius 3 is 2.79 bits per heavy atom. The van der Waals surface area contributed by atoms with Gasteiger partial charge in [-0.3, -0.25) is 4.79 Å². The highest BCUT2D eigenvalue weighted by Gasteiger charge is 2.25. The van der Waals surface area contributed by atoms with Gasteiger partial charge in [-0.1, -0.05) is 12.1 Å². The Bertz CT molecular complexity index is 564. The molecule has 19 heavy (non-hydrogen) atoms. The number of hydrogen-bond acceptors (Lipinski definition) is 4. The van der Waals surface area contributed by atoms with Crippen LogP contribution >= 0.6 is 0 Å². The molecule has 1 aromatic carbocycles. The Morgan fingerprint density at radius 2 is 2.16 bits per heavy atom. The van der Waals surface area contributed by atoms with E-state index in [1.807, 2.05) is 0 Å². The summed E-state index contributed by atoms with van der Waals surface area (Å²) in [5.74, 6) is -0.413. The first-order valence-electron chi connectivity index (χ1n) is 6.11. The number of ether oxygens (including phenoxy) is 1. The van der Waals surface area contributed by atoms with E-state index in [1.54, 1.807) is 24.3 Å². The normalized spacial score (nSPS) is 15.0. The van der Waals surface area contributed by atoms with Crippen LogP contribution in [-0.2, 0) is 20.4 Å². The number of amides is 1. The van der Waals surface area contributed by atoms with Gasteiger partial charge < -0.3 is 10.1 Å². The fourth-order valence-electron chi connectivity index (χ4n) is 1.76. The Kier molecular flexibility index (Phi) is 4.09. The van der Waals surface area contributed by atoms with Crippen LogP contribution in [0.5, 0.6) is 5.75 Å². The van der Waals surface area contributed by atoms with E-state index in [9.17, 15) is 13.2 Å². The summed E-state index contributed by atoms with van der Waals surface area (Å²) >= 11 is 0. The quantitative estimate of drug-likeness (QED) is 0.841. The van der Waals surface area contributed by atoms with E-state index < -0.39 is 21.5 Å². The first-order chi connectivity index (χ1) is 8.98. The van der Waals surface area contributed by atoms with Gasteiger partial charge in [-0.15, -0.1) is 0 Å². The number of nitrogens with one attached hydrogen (secondary N) is 1. The second-order valence-electron chi connectivity index (χ2n) is 4.73. The van der Waals surface area contributed by atoms with Crippen molar-refractivity contribution in [2.24, 2.45) is 0 Å². The maximum Gasteiger partial charge on any atom is 0.235 e. The highest BCUT2D eigenvalue weighted by atomic mass is 32.2. The van der Waals surface area contributed by atoms with Crippen LogP contribution in [0.1, 0.15) is 18.4 Å². The molecule has 0 aliphatic heterocycles. The molecule has 0 saturated heterocycles. The van der Waals surface area contributed by atoms with Crippen molar-refractivity contribution in [2.45, 2.75) is 24.6 Å². The lowest BCUT2D eigenvalue weighted by molar-refractivity contribution is -0.118. The summed E-state index contributed by atoms with van der Waals surface area (Å²) in [6, 6.07) is 7.03. The van der Waals surface area contributed by atoms with Crippen LogP contribution in [0, 0.1) is 0 Å². The van der Waals surface area contributed by atoms with Crippen molar-refractivity contribution in [1.82, 2.24) is 5.32 Å². The largest absolute Gasteiger partial charge is 0.497 e. The van der Waals surface area contributed by atoms with Crippen LogP contribution in [0.15, 0.2) is 24.3 Å². The summed E-state index contributed by atoms with van der Waals surface area (Å²) in [6.07, 6.45) is 1.89. The van der Waals surface area contributed by atoms with Gasteiger partial charge in [0, 0.05) is 6.04 Å². The van der Waals surface area contributed by atoms with E-state index in [0.717, 1.165) is 12.8 Å². The molecule has 0 unspecified atom stereocenters. The summed E-state index contributed by atoms with van der Waals surface area (Å²) in [5, 5.41) is 2.68. The maximum absolute atomic E-state index is 11.9. The first kappa shape index (κ1) is 13.9. The molecule has 1 fully saturated rings. The van der Waals surface area contributed by atoms with Gasteiger partial charge in [-0.2, -0.15) is 0 Å². The molecular weight excluding hydrogens is 266 g/mol. The van der Waals surface area contributed by atoms with Crippen molar-refractivity contribution in [3.8, 4) is 5.75 Å². The molecule has 0 aromatic heterocycles. The SMILES string of the molecule is COc1cccc(CS(=O)(=O)CC(=O)NC2CC2)c1. The summed E-state index contributed by atoms with van der Waals surface area (Å²) < 4.78 is 28.9. The van der Waals surface area contributed by atoms with Crippen LogP contribution in [0.25, 0.3) is 0 Å². The smallest absolute Gasteiger partial charge is 0.235 e. The minimum Gasteiger partial charge on any atom is -0.497 e. The standard InChI is InChI=1S/C13H17NO4S/c1-18-12-4-2-3-10(7-12)8-19(16,17)9-13(15)14-11-5-6-11/h2-4,7,11H,5-6,8-9H2,1H3,(H,14,15). The summed E-state index contributed by atoms with van der Waals surface area (Å²) in [4.78, 5) is 11.5. The highest BCUT2D eigenvalue weighted by molar-refractivity contribution is 7.91. The van der Waals surface area contributed by atoms with E-state index in [0.29, 0.717) is 11.3 Å².